The van der Waals surface area contributed by atoms with E-state index in [0.717, 1.165) is 4.90 Å². The predicted molar refractivity (Wildman–Crippen MR) is 101 cm³/mol. The fraction of sp³-hybridized carbons (Fsp3) is 0.353. The molecule has 1 fully saturated rings. The van der Waals surface area contributed by atoms with Gasteiger partial charge in [0.2, 0.25) is 5.91 Å². The molecule has 1 atom stereocenters. The van der Waals surface area contributed by atoms with E-state index >= 15 is 0 Å². The first-order valence-electron chi connectivity index (χ1n) is 8.02. The number of rotatable bonds is 5. The number of carbonyl (C=O) groups excluding carboxylic acids is 1. The van der Waals surface area contributed by atoms with E-state index in [1.54, 1.807) is 22.4 Å². The fourth-order valence-corrected chi connectivity index (χ4v) is 6.24. The van der Waals surface area contributed by atoms with Gasteiger partial charge in [-0.1, -0.05) is 24.3 Å². The zero-order chi connectivity index (χ0) is 17.9. The van der Waals surface area contributed by atoms with Gasteiger partial charge in [0.15, 0.2) is 0 Å². The van der Waals surface area contributed by atoms with Gasteiger partial charge in [-0.05, 0) is 30.5 Å². The van der Waals surface area contributed by atoms with Gasteiger partial charge in [-0.25, -0.2) is 8.42 Å². The predicted octanol–water partition coefficient (Wildman–Crippen LogP) is 2.76. The van der Waals surface area contributed by atoms with Gasteiger partial charge in [-0.3, -0.25) is 4.79 Å². The van der Waals surface area contributed by atoms with Crippen molar-refractivity contribution in [3.05, 3.63) is 47.8 Å². The van der Waals surface area contributed by atoms with Crippen LogP contribution in [0.4, 0.5) is 0 Å². The Morgan fingerprint density at radius 1 is 1.08 bits per heavy atom. The minimum absolute atomic E-state index is 0.0574. The summed E-state index contributed by atoms with van der Waals surface area (Å²) in [7, 11) is -3.43. The molecule has 1 aromatic heterocycles. The molecule has 5 nitrogen and oxygen atoms in total. The number of hydrogen-bond donors (Lipinski definition) is 0. The van der Waals surface area contributed by atoms with E-state index in [1.165, 1.54) is 27.4 Å². The van der Waals surface area contributed by atoms with E-state index in [4.69, 9.17) is 0 Å². The van der Waals surface area contributed by atoms with Crippen LogP contribution in [0.5, 0.6) is 0 Å². The Balaban J connectivity index is 1.57. The second kappa shape index (κ2) is 7.90. The molecule has 1 aliphatic heterocycles. The molecule has 8 heteroatoms. The number of benzene rings is 1. The second-order valence-corrected chi connectivity index (χ2v) is 10.3. The zero-order valence-corrected chi connectivity index (χ0v) is 16.3. The summed E-state index contributed by atoms with van der Waals surface area (Å²) >= 11 is 2.75. The maximum absolute atomic E-state index is 12.6. The van der Waals surface area contributed by atoms with Gasteiger partial charge in [0.1, 0.15) is 4.21 Å². The lowest BCUT2D eigenvalue weighted by Crippen LogP contribution is -2.52. The average Bonchev–Trinajstić information content (AvgIpc) is 3.17. The van der Waals surface area contributed by atoms with E-state index in [-0.39, 0.29) is 11.2 Å². The van der Waals surface area contributed by atoms with Crippen LogP contribution in [0, 0.1) is 0 Å². The first kappa shape index (κ1) is 18.4. The molecule has 1 saturated heterocycles. The van der Waals surface area contributed by atoms with Crippen molar-refractivity contribution in [3.63, 3.8) is 0 Å². The molecular formula is C17H20N2O3S3. The SMILES string of the molecule is C[C@@H](Sc1ccccc1)C(=O)N1CCN(S(=O)(=O)c2cccs2)CC1. The normalized spacial score (nSPS) is 17.4. The van der Waals surface area contributed by atoms with Crippen LogP contribution in [0.1, 0.15) is 6.92 Å². The fourth-order valence-electron chi connectivity index (χ4n) is 2.70. The number of thiophene rings is 1. The number of hydrogen-bond acceptors (Lipinski definition) is 5. The highest BCUT2D eigenvalue weighted by molar-refractivity contribution is 8.00. The molecule has 3 rings (SSSR count). The van der Waals surface area contributed by atoms with Gasteiger partial charge in [0.25, 0.3) is 10.0 Å². The summed E-state index contributed by atoms with van der Waals surface area (Å²) in [6.45, 7) is 3.45. The molecule has 2 aromatic rings. The van der Waals surface area contributed by atoms with Crippen LogP contribution in [0.3, 0.4) is 0 Å². The number of piperazine rings is 1. The molecule has 0 unspecified atom stereocenters. The highest BCUT2D eigenvalue weighted by Gasteiger charge is 2.32. The number of carbonyl (C=O) groups is 1. The minimum atomic E-state index is -3.43. The van der Waals surface area contributed by atoms with Crippen LogP contribution < -0.4 is 0 Å². The third-order valence-electron chi connectivity index (χ3n) is 4.04. The zero-order valence-electron chi connectivity index (χ0n) is 13.9. The van der Waals surface area contributed by atoms with E-state index in [1.807, 2.05) is 37.3 Å². The summed E-state index contributed by atoms with van der Waals surface area (Å²) in [5.41, 5.74) is 0. The molecule has 25 heavy (non-hydrogen) atoms. The van der Waals surface area contributed by atoms with E-state index < -0.39 is 10.0 Å². The quantitative estimate of drug-likeness (QED) is 0.729. The first-order valence-corrected chi connectivity index (χ1v) is 11.2. The molecule has 0 aliphatic carbocycles. The van der Waals surface area contributed by atoms with Gasteiger partial charge in [0.05, 0.1) is 5.25 Å². The van der Waals surface area contributed by atoms with Crippen molar-refractivity contribution in [2.75, 3.05) is 26.2 Å². The molecule has 0 radical (unpaired) electrons. The molecule has 1 amide bonds. The van der Waals surface area contributed by atoms with E-state index in [0.29, 0.717) is 30.4 Å². The molecule has 0 N–H and O–H groups in total. The number of amides is 1. The Morgan fingerprint density at radius 3 is 2.36 bits per heavy atom. The van der Waals surface area contributed by atoms with Crippen molar-refractivity contribution in [1.29, 1.82) is 0 Å². The Hall–Kier alpha value is -1.35. The lowest BCUT2D eigenvalue weighted by atomic mass is 10.3. The van der Waals surface area contributed by atoms with Crippen molar-refractivity contribution >= 4 is 39.0 Å². The summed E-state index contributed by atoms with van der Waals surface area (Å²) in [6.07, 6.45) is 0. The van der Waals surface area contributed by atoms with Crippen molar-refractivity contribution in [2.45, 2.75) is 21.3 Å². The van der Waals surface area contributed by atoms with Crippen molar-refractivity contribution < 1.29 is 13.2 Å². The minimum Gasteiger partial charge on any atom is -0.339 e. The molecule has 1 aromatic carbocycles. The van der Waals surface area contributed by atoms with Crippen LogP contribution in [0.15, 0.2) is 56.9 Å². The lowest BCUT2D eigenvalue weighted by molar-refractivity contribution is -0.131. The molecule has 0 saturated carbocycles. The van der Waals surface area contributed by atoms with Gasteiger partial charge in [-0.15, -0.1) is 23.1 Å². The number of nitrogens with zero attached hydrogens (tertiary/aromatic N) is 2. The summed E-state index contributed by atoms with van der Waals surface area (Å²) < 4.78 is 26.9. The standard InChI is InChI=1S/C17H20N2O3S3/c1-14(24-15-6-3-2-4-7-15)17(20)18-9-11-19(12-10-18)25(21,22)16-8-5-13-23-16/h2-8,13-14H,9-12H2,1H3/t14-/m1/s1. The van der Waals surface area contributed by atoms with E-state index in [2.05, 4.69) is 0 Å². The average molecular weight is 397 g/mol. The van der Waals surface area contributed by atoms with Crippen LogP contribution in [0.2, 0.25) is 0 Å². The Morgan fingerprint density at radius 2 is 1.76 bits per heavy atom. The highest BCUT2D eigenvalue weighted by Crippen LogP contribution is 2.26. The Labute approximate surface area is 156 Å². The molecule has 2 heterocycles. The summed E-state index contributed by atoms with van der Waals surface area (Å²) in [5.74, 6) is 0.0574. The smallest absolute Gasteiger partial charge is 0.252 e. The second-order valence-electron chi connectivity index (χ2n) is 5.73. The molecule has 134 valence electrons. The highest BCUT2D eigenvalue weighted by atomic mass is 32.2. The first-order chi connectivity index (χ1) is 12.0. The van der Waals surface area contributed by atoms with Crippen molar-refractivity contribution in [2.24, 2.45) is 0 Å². The van der Waals surface area contributed by atoms with Crippen LogP contribution in [-0.2, 0) is 14.8 Å². The summed E-state index contributed by atoms with van der Waals surface area (Å²) in [4.78, 5) is 15.4. The monoisotopic (exact) mass is 396 g/mol. The number of thioether (sulfide) groups is 1. The van der Waals surface area contributed by atoms with Crippen LogP contribution >= 0.6 is 23.1 Å². The van der Waals surface area contributed by atoms with E-state index in [9.17, 15) is 13.2 Å². The Bertz CT molecular complexity index is 799. The molecular weight excluding hydrogens is 376 g/mol. The summed E-state index contributed by atoms with van der Waals surface area (Å²) in [5, 5.41) is 1.57. The van der Waals surface area contributed by atoms with Gasteiger partial charge < -0.3 is 4.90 Å². The topological polar surface area (TPSA) is 57.7 Å². The van der Waals surface area contributed by atoms with Gasteiger partial charge in [0, 0.05) is 31.1 Å². The van der Waals surface area contributed by atoms with Gasteiger partial charge in [-0.2, -0.15) is 4.31 Å². The third-order valence-corrected chi connectivity index (χ3v) is 8.41. The molecule has 0 spiro atoms. The third kappa shape index (κ3) is 4.25. The Kier molecular flexibility index (Phi) is 5.83. The maximum atomic E-state index is 12.6. The number of sulfonamides is 1. The maximum Gasteiger partial charge on any atom is 0.252 e. The molecule has 1 aliphatic rings. The van der Waals surface area contributed by atoms with Crippen LogP contribution in [0.25, 0.3) is 0 Å². The summed E-state index contributed by atoms with van der Waals surface area (Å²) in [6, 6.07) is 13.2. The van der Waals surface area contributed by atoms with Crippen molar-refractivity contribution in [3.8, 4) is 0 Å². The van der Waals surface area contributed by atoms with Crippen LogP contribution in [-0.4, -0.2) is 55.0 Å². The van der Waals surface area contributed by atoms with Crippen molar-refractivity contribution in [1.82, 2.24) is 9.21 Å². The molecule has 0 bridgehead atoms. The van der Waals surface area contributed by atoms with Gasteiger partial charge >= 0.3 is 0 Å². The largest absolute Gasteiger partial charge is 0.339 e. The lowest BCUT2D eigenvalue weighted by Gasteiger charge is -2.34.